The molecule has 1 saturated heterocycles. The predicted molar refractivity (Wildman–Crippen MR) is 83.1 cm³/mol. The third-order valence-electron chi connectivity index (χ3n) is 5.56. The highest BCUT2D eigenvalue weighted by atomic mass is 35.5. The van der Waals surface area contributed by atoms with Crippen molar-refractivity contribution in [3.8, 4) is 0 Å². The summed E-state index contributed by atoms with van der Waals surface area (Å²) >= 11 is 13.8. The molecule has 6 nitrogen and oxygen atoms in total. The zero-order valence-electron chi connectivity index (χ0n) is 13.7. The van der Waals surface area contributed by atoms with E-state index in [1.807, 2.05) is 6.92 Å². The van der Waals surface area contributed by atoms with E-state index in [1.165, 1.54) is 14.2 Å². The van der Waals surface area contributed by atoms with Crippen molar-refractivity contribution < 1.29 is 28.5 Å². The molecule has 2 bridgehead atoms. The molecule has 3 aliphatic rings. The molecule has 1 heterocycles. The molecule has 2 aliphatic carbocycles. The Morgan fingerprint density at radius 2 is 1.87 bits per heavy atom. The van der Waals surface area contributed by atoms with E-state index in [1.54, 1.807) is 7.11 Å². The van der Waals surface area contributed by atoms with Gasteiger partial charge in [-0.15, -0.1) is 23.2 Å². The zero-order valence-corrected chi connectivity index (χ0v) is 15.2. The standard InChI is InChI=1S/C15H22Cl2O6/c1-5-22-10-7-13(16)12(6-9(19-2)8-23-12)11(18)14(10,17)15(13,20-3)21-4/h9-10H,5-8H2,1-4H3/t9-,10-,12+,13+,14-/m1/s1. The lowest BCUT2D eigenvalue weighted by atomic mass is 9.78. The van der Waals surface area contributed by atoms with Crippen molar-refractivity contribution in [2.45, 2.75) is 53.1 Å². The van der Waals surface area contributed by atoms with Crippen molar-refractivity contribution in [2.24, 2.45) is 0 Å². The first-order chi connectivity index (χ1) is 10.8. The minimum Gasteiger partial charge on any atom is -0.379 e. The van der Waals surface area contributed by atoms with E-state index in [4.69, 9.17) is 46.9 Å². The quantitative estimate of drug-likeness (QED) is 0.541. The molecule has 8 heteroatoms. The lowest BCUT2D eigenvalue weighted by molar-refractivity contribution is -0.234. The zero-order chi connectivity index (χ0) is 17.1. The highest BCUT2D eigenvalue weighted by Crippen LogP contribution is 2.71. The van der Waals surface area contributed by atoms with Gasteiger partial charge in [0.25, 0.3) is 0 Å². The molecule has 0 amide bonds. The van der Waals surface area contributed by atoms with Gasteiger partial charge in [0.2, 0.25) is 5.79 Å². The third-order valence-corrected chi connectivity index (χ3v) is 6.93. The van der Waals surface area contributed by atoms with Crippen LogP contribution in [0.2, 0.25) is 0 Å². The molecule has 0 aromatic carbocycles. The average molecular weight is 369 g/mol. The molecule has 3 fully saturated rings. The smallest absolute Gasteiger partial charge is 0.220 e. The molecule has 2 saturated carbocycles. The van der Waals surface area contributed by atoms with Gasteiger partial charge in [-0.25, -0.2) is 0 Å². The van der Waals surface area contributed by atoms with E-state index < -0.39 is 27.2 Å². The number of hydrogen-bond donors (Lipinski definition) is 0. The van der Waals surface area contributed by atoms with Gasteiger partial charge < -0.3 is 23.7 Å². The van der Waals surface area contributed by atoms with Crippen LogP contribution in [0.5, 0.6) is 0 Å². The largest absolute Gasteiger partial charge is 0.379 e. The third kappa shape index (κ3) is 1.71. The summed E-state index contributed by atoms with van der Waals surface area (Å²) in [4.78, 5) is 10.5. The first-order valence-electron chi connectivity index (χ1n) is 7.65. The first-order valence-corrected chi connectivity index (χ1v) is 8.40. The minimum absolute atomic E-state index is 0.230. The number of rotatable bonds is 5. The number of halogens is 2. The lowest BCUT2D eigenvalue weighted by Crippen LogP contribution is -2.60. The van der Waals surface area contributed by atoms with E-state index in [9.17, 15) is 4.79 Å². The molecule has 0 aromatic rings. The van der Waals surface area contributed by atoms with Gasteiger partial charge in [-0.2, -0.15) is 0 Å². The Balaban J connectivity index is 2.15. The normalized spacial score (nSPS) is 47.8. The van der Waals surface area contributed by atoms with Gasteiger partial charge in [0, 0.05) is 40.8 Å². The molecule has 0 radical (unpaired) electrons. The van der Waals surface area contributed by atoms with E-state index in [2.05, 4.69) is 0 Å². The Morgan fingerprint density at radius 3 is 2.35 bits per heavy atom. The van der Waals surface area contributed by atoms with Gasteiger partial charge in [-0.1, -0.05) is 0 Å². The van der Waals surface area contributed by atoms with Gasteiger partial charge in [0.05, 0.1) is 18.8 Å². The Kier molecular flexibility index (Phi) is 4.29. The lowest BCUT2D eigenvalue weighted by Gasteiger charge is -2.42. The Bertz CT molecular complexity index is 512. The Morgan fingerprint density at radius 1 is 1.22 bits per heavy atom. The second kappa shape index (κ2) is 5.53. The topological polar surface area (TPSA) is 63.2 Å². The van der Waals surface area contributed by atoms with Crippen molar-refractivity contribution in [3.63, 3.8) is 0 Å². The fourth-order valence-electron chi connectivity index (χ4n) is 4.57. The Hall–Kier alpha value is 0.0500. The minimum atomic E-state index is -1.57. The summed E-state index contributed by atoms with van der Waals surface area (Å²) in [6.45, 7) is 2.51. The van der Waals surface area contributed by atoms with Crippen LogP contribution in [0.25, 0.3) is 0 Å². The van der Waals surface area contributed by atoms with Crippen LogP contribution in [0.15, 0.2) is 0 Å². The number of alkyl halides is 2. The molecule has 0 N–H and O–H groups in total. The van der Waals surface area contributed by atoms with Gasteiger partial charge in [0.1, 0.15) is 4.87 Å². The van der Waals surface area contributed by atoms with E-state index >= 15 is 0 Å². The monoisotopic (exact) mass is 368 g/mol. The second-order valence-electron chi connectivity index (χ2n) is 6.21. The maximum absolute atomic E-state index is 13.4. The predicted octanol–water partition coefficient (Wildman–Crippen LogP) is 1.50. The van der Waals surface area contributed by atoms with Gasteiger partial charge in [0.15, 0.2) is 16.3 Å². The number of carbonyl (C=O) groups is 1. The molecule has 23 heavy (non-hydrogen) atoms. The molecule has 5 atom stereocenters. The van der Waals surface area contributed by atoms with Gasteiger partial charge in [-0.3, -0.25) is 4.79 Å². The highest BCUT2D eigenvalue weighted by molar-refractivity contribution is 6.45. The van der Waals surface area contributed by atoms with E-state index in [0.29, 0.717) is 13.0 Å². The van der Waals surface area contributed by atoms with Crippen LogP contribution in [-0.2, 0) is 28.5 Å². The van der Waals surface area contributed by atoms with E-state index in [0.717, 1.165) is 0 Å². The fraction of sp³-hybridized carbons (Fsp3) is 0.933. The van der Waals surface area contributed by atoms with Crippen molar-refractivity contribution in [1.82, 2.24) is 0 Å². The maximum atomic E-state index is 13.4. The summed E-state index contributed by atoms with van der Waals surface area (Å²) in [5.74, 6) is -1.89. The number of fused-ring (bicyclic) bond motifs is 3. The summed E-state index contributed by atoms with van der Waals surface area (Å²) in [6, 6.07) is 0. The summed E-state index contributed by atoms with van der Waals surface area (Å²) in [5, 5.41) is 0. The average Bonchev–Trinajstić information content (AvgIpc) is 3.09. The molecule has 1 aliphatic heterocycles. The summed E-state index contributed by atoms with van der Waals surface area (Å²) in [5.41, 5.74) is -1.31. The highest BCUT2D eigenvalue weighted by Gasteiger charge is 2.92. The summed E-state index contributed by atoms with van der Waals surface area (Å²) in [7, 11) is 4.44. The number of carbonyl (C=O) groups excluding carboxylic acids is 1. The van der Waals surface area contributed by atoms with Gasteiger partial charge in [-0.05, 0) is 6.92 Å². The second-order valence-corrected chi connectivity index (χ2v) is 7.46. The SMILES string of the molecule is CCO[C@@H]1C[C@@]2(Cl)C(OC)(OC)[C@]1(Cl)C(=O)[C@@]21C[C@@H](OC)CO1. The number of hydrogen-bond acceptors (Lipinski definition) is 6. The van der Waals surface area contributed by atoms with Gasteiger partial charge >= 0.3 is 0 Å². The summed E-state index contributed by atoms with van der Waals surface area (Å²) in [6.07, 6.45) is -0.246. The number of methoxy groups -OCH3 is 3. The van der Waals surface area contributed by atoms with Crippen LogP contribution >= 0.6 is 23.2 Å². The van der Waals surface area contributed by atoms with E-state index in [-0.39, 0.29) is 24.9 Å². The van der Waals surface area contributed by atoms with Crippen LogP contribution < -0.4 is 0 Å². The molecule has 132 valence electrons. The number of Topliss-reactive ketones (excluding diaryl/α,β-unsaturated/α-hetero) is 1. The van der Waals surface area contributed by atoms with Crippen molar-refractivity contribution in [3.05, 3.63) is 0 Å². The molecule has 3 rings (SSSR count). The maximum Gasteiger partial charge on any atom is 0.220 e. The van der Waals surface area contributed by atoms with Crippen molar-refractivity contribution in [2.75, 3.05) is 34.5 Å². The molecular formula is C15H22Cl2O6. The number of ketones is 1. The fourth-order valence-corrected chi connectivity index (χ4v) is 5.89. The van der Waals surface area contributed by atoms with Crippen LogP contribution in [0.3, 0.4) is 0 Å². The molecule has 0 aromatic heterocycles. The first kappa shape index (κ1) is 17.9. The molecular weight excluding hydrogens is 347 g/mol. The Labute approximate surface area is 145 Å². The summed E-state index contributed by atoms with van der Waals surface area (Å²) < 4.78 is 28.2. The molecule has 1 spiro atoms. The van der Waals surface area contributed by atoms with Crippen LogP contribution in [0.1, 0.15) is 19.8 Å². The number of ether oxygens (including phenoxy) is 5. The van der Waals surface area contributed by atoms with Crippen LogP contribution in [0, 0.1) is 0 Å². The molecule has 0 unspecified atom stereocenters. The van der Waals surface area contributed by atoms with Crippen LogP contribution in [0.4, 0.5) is 0 Å². The van der Waals surface area contributed by atoms with Crippen LogP contribution in [-0.4, -0.2) is 73.7 Å². The van der Waals surface area contributed by atoms with Crippen molar-refractivity contribution >= 4 is 29.0 Å². The van der Waals surface area contributed by atoms with Crippen molar-refractivity contribution in [1.29, 1.82) is 0 Å².